The molecule has 2 unspecified atom stereocenters. The standard InChI is InChI=1S/C12H15N5OS/c1-17-12(14-15-16-17)19-10-5-7-3-4-8(18-2)6-9(7)11(10)13/h3-4,6,10-11H,5,13H2,1-2H3. The summed E-state index contributed by atoms with van der Waals surface area (Å²) in [6, 6.07) is 6.06. The molecule has 0 amide bonds. The van der Waals surface area contributed by atoms with Crippen LogP contribution in [-0.4, -0.2) is 32.6 Å². The van der Waals surface area contributed by atoms with Crippen LogP contribution in [0.15, 0.2) is 23.4 Å². The molecule has 1 heterocycles. The zero-order valence-corrected chi connectivity index (χ0v) is 11.6. The van der Waals surface area contributed by atoms with Crippen molar-refractivity contribution in [3.8, 4) is 5.75 Å². The number of rotatable bonds is 3. The van der Waals surface area contributed by atoms with Crippen molar-refractivity contribution in [2.45, 2.75) is 22.9 Å². The summed E-state index contributed by atoms with van der Waals surface area (Å²) in [5.41, 5.74) is 8.76. The SMILES string of the molecule is COc1ccc2c(c1)C(N)C(Sc1nnnn1C)C2. The third-order valence-electron chi connectivity index (χ3n) is 3.37. The second kappa shape index (κ2) is 4.82. The van der Waals surface area contributed by atoms with E-state index in [2.05, 4.69) is 21.6 Å². The summed E-state index contributed by atoms with van der Waals surface area (Å²) >= 11 is 1.62. The average molecular weight is 277 g/mol. The van der Waals surface area contributed by atoms with E-state index in [1.807, 2.05) is 19.2 Å². The monoisotopic (exact) mass is 277 g/mol. The molecule has 0 bridgehead atoms. The van der Waals surface area contributed by atoms with E-state index in [0.717, 1.165) is 22.9 Å². The van der Waals surface area contributed by atoms with Gasteiger partial charge in [-0.25, -0.2) is 4.68 Å². The lowest BCUT2D eigenvalue weighted by Crippen LogP contribution is -2.19. The molecule has 1 aromatic heterocycles. The van der Waals surface area contributed by atoms with Gasteiger partial charge in [0.2, 0.25) is 5.16 Å². The molecule has 6 nitrogen and oxygen atoms in total. The smallest absolute Gasteiger partial charge is 0.209 e. The first-order valence-corrected chi connectivity index (χ1v) is 6.88. The highest BCUT2D eigenvalue weighted by Gasteiger charge is 2.32. The summed E-state index contributed by atoms with van der Waals surface area (Å²) in [5.74, 6) is 0.847. The summed E-state index contributed by atoms with van der Waals surface area (Å²) in [5, 5.41) is 12.5. The van der Waals surface area contributed by atoms with Crippen LogP contribution in [-0.2, 0) is 13.5 Å². The van der Waals surface area contributed by atoms with Gasteiger partial charge in [0.25, 0.3) is 0 Å². The topological polar surface area (TPSA) is 78.8 Å². The Balaban J connectivity index is 1.83. The third-order valence-corrected chi connectivity index (χ3v) is 4.69. The van der Waals surface area contributed by atoms with Gasteiger partial charge in [0, 0.05) is 18.3 Å². The van der Waals surface area contributed by atoms with E-state index < -0.39 is 0 Å². The Bertz CT molecular complexity index is 600. The van der Waals surface area contributed by atoms with E-state index in [9.17, 15) is 0 Å². The molecule has 0 saturated carbocycles. The maximum Gasteiger partial charge on any atom is 0.209 e. The van der Waals surface area contributed by atoms with Crippen molar-refractivity contribution >= 4 is 11.8 Å². The Morgan fingerprint density at radius 1 is 1.47 bits per heavy atom. The average Bonchev–Trinajstić information content (AvgIpc) is 2.95. The molecule has 3 rings (SSSR count). The van der Waals surface area contributed by atoms with Gasteiger partial charge in [0.15, 0.2) is 0 Å². The number of fused-ring (bicyclic) bond motifs is 1. The summed E-state index contributed by atoms with van der Waals surface area (Å²) in [7, 11) is 3.50. The number of nitrogens with zero attached hydrogens (tertiary/aromatic N) is 4. The van der Waals surface area contributed by atoms with Gasteiger partial charge in [0.1, 0.15) is 5.75 Å². The molecule has 2 aromatic rings. The molecule has 19 heavy (non-hydrogen) atoms. The fourth-order valence-corrected chi connectivity index (χ4v) is 3.41. The number of aryl methyl sites for hydroxylation is 1. The first-order chi connectivity index (χ1) is 9.19. The van der Waals surface area contributed by atoms with Crippen molar-refractivity contribution < 1.29 is 4.74 Å². The van der Waals surface area contributed by atoms with Crippen LogP contribution in [0, 0.1) is 0 Å². The number of ether oxygens (including phenoxy) is 1. The molecule has 2 atom stereocenters. The minimum Gasteiger partial charge on any atom is -0.497 e. The second-order valence-electron chi connectivity index (χ2n) is 4.54. The van der Waals surface area contributed by atoms with Gasteiger partial charge in [-0.2, -0.15) is 0 Å². The number of nitrogens with two attached hydrogens (primary N) is 1. The van der Waals surface area contributed by atoms with Crippen LogP contribution in [0.4, 0.5) is 0 Å². The van der Waals surface area contributed by atoms with Crippen molar-refractivity contribution in [2.75, 3.05) is 7.11 Å². The van der Waals surface area contributed by atoms with E-state index in [-0.39, 0.29) is 11.3 Å². The molecule has 1 aliphatic carbocycles. The van der Waals surface area contributed by atoms with Crippen molar-refractivity contribution in [1.82, 2.24) is 20.2 Å². The maximum atomic E-state index is 6.33. The molecule has 0 aliphatic heterocycles. The minimum atomic E-state index is -0.0215. The number of aromatic nitrogens is 4. The van der Waals surface area contributed by atoms with Gasteiger partial charge in [-0.05, 0) is 40.1 Å². The number of thioether (sulfide) groups is 1. The minimum absolute atomic E-state index is 0.0215. The fraction of sp³-hybridized carbons (Fsp3) is 0.417. The van der Waals surface area contributed by atoms with Gasteiger partial charge < -0.3 is 10.5 Å². The summed E-state index contributed by atoms with van der Waals surface area (Å²) in [6.07, 6.45) is 0.929. The molecule has 100 valence electrons. The highest BCUT2D eigenvalue weighted by Crippen LogP contribution is 2.40. The van der Waals surface area contributed by atoms with Gasteiger partial charge in [-0.1, -0.05) is 17.8 Å². The molecular weight excluding hydrogens is 262 g/mol. The molecule has 0 spiro atoms. The molecular formula is C12H15N5OS. The lowest BCUT2D eigenvalue weighted by atomic mass is 10.1. The van der Waals surface area contributed by atoms with Crippen LogP contribution in [0.1, 0.15) is 17.2 Å². The van der Waals surface area contributed by atoms with Crippen LogP contribution in [0.3, 0.4) is 0 Å². The Labute approximate surface area is 115 Å². The van der Waals surface area contributed by atoms with E-state index in [1.54, 1.807) is 23.6 Å². The molecule has 7 heteroatoms. The Morgan fingerprint density at radius 2 is 2.32 bits per heavy atom. The number of hydrogen-bond acceptors (Lipinski definition) is 6. The van der Waals surface area contributed by atoms with Gasteiger partial charge in [0.05, 0.1) is 7.11 Å². The lowest BCUT2D eigenvalue weighted by Gasteiger charge is -2.14. The molecule has 0 fully saturated rings. The van der Waals surface area contributed by atoms with Crippen molar-refractivity contribution in [3.05, 3.63) is 29.3 Å². The Kier molecular flexibility index (Phi) is 3.16. The van der Waals surface area contributed by atoms with E-state index >= 15 is 0 Å². The maximum absolute atomic E-state index is 6.33. The highest BCUT2D eigenvalue weighted by atomic mass is 32.2. The number of methoxy groups -OCH3 is 1. The summed E-state index contributed by atoms with van der Waals surface area (Å²) in [4.78, 5) is 0. The van der Waals surface area contributed by atoms with Crippen molar-refractivity contribution in [1.29, 1.82) is 0 Å². The third kappa shape index (κ3) is 2.19. The predicted molar refractivity (Wildman–Crippen MR) is 72.1 cm³/mol. The van der Waals surface area contributed by atoms with E-state index in [1.165, 1.54) is 5.56 Å². The lowest BCUT2D eigenvalue weighted by molar-refractivity contribution is 0.414. The highest BCUT2D eigenvalue weighted by molar-refractivity contribution is 7.99. The van der Waals surface area contributed by atoms with Crippen molar-refractivity contribution in [3.63, 3.8) is 0 Å². The largest absolute Gasteiger partial charge is 0.497 e. The normalized spacial score (nSPS) is 21.4. The number of hydrogen-bond donors (Lipinski definition) is 1. The first-order valence-electron chi connectivity index (χ1n) is 6.00. The molecule has 0 saturated heterocycles. The Morgan fingerprint density at radius 3 is 3.00 bits per heavy atom. The number of benzene rings is 1. The van der Waals surface area contributed by atoms with Gasteiger partial charge in [-0.3, -0.25) is 0 Å². The fourth-order valence-electron chi connectivity index (χ4n) is 2.31. The van der Waals surface area contributed by atoms with E-state index in [4.69, 9.17) is 10.5 Å². The predicted octanol–water partition coefficient (Wildman–Crippen LogP) is 0.935. The zero-order chi connectivity index (χ0) is 13.4. The van der Waals surface area contributed by atoms with Crippen molar-refractivity contribution in [2.24, 2.45) is 12.8 Å². The molecule has 1 aliphatic rings. The quantitative estimate of drug-likeness (QED) is 0.899. The number of tetrazole rings is 1. The molecule has 0 radical (unpaired) electrons. The first kappa shape index (κ1) is 12.4. The van der Waals surface area contributed by atoms with Crippen LogP contribution in [0.2, 0.25) is 0 Å². The Hall–Kier alpha value is -1.60. The molecule has 1 aromatic carbocycles. The zero-order valence-electron chi connectivity index (χ0n) is 10.8. The van der Waals surface area contributed by atoms with Crippen LogP contribution < -0.4 is 10.5 Å². The second-order valence-corrected chi connectivity index (χ2v) is 5.74. The van der Waals surface area contributed by atoms with E-state index in [0.29, 0.717) is 0 Å². The van der Waals surface area contributed by atoms with Crippen LogP contribution >= 0.6 is 11.8 Å². The molecule has 2 N–H and O–H groups in total. The van der Waals surface area contributed by atoms with Gasteiger partial charge in [-0.15, -0.1) is 5.10 Å². The van der Waals surface area contributed by atoms with Crippen LogP contribution in [0.5, 0.6) is 5.75 Å². The van der Waals surface area contributed by atoms with Crippen LogP contribution in [0.25, 0.3) is 0 Å². The summed E-state index contributed by atoms with van der Waals surface area (Å²) < 4.78 is 6.92. The summed E-state index contributed by atoms with van der Waals surface area (Å²) in [6.45, 7) is 0. The van der Waals surface area contributed by atoms with Gasteiger partial charge >= 0.3 is 0 Å².